The van der Waals surface area contributed by atoms with Crippen LogP contribution in [0.2, 0.25) is 0 Å². The fourth-order valence-corrected chi connectivity index (χ4v) is 2.24. The summed E-state index contributed by atoms with van der Waals surface area (Å²) in [5.41, 5.74) is 2.43. The van der Waals surface area contributed by atoms with Gasteiger partial charge in [0.25, 0.3) is 0 Å². The third kappa shape index (κ3) is 3.96. The van der Waals surface area contributed by atoms with Crippen molar-refractivity contribution in [3.05, 3.63) is 29.8 Å². The first-order valence-corrected chi connectivity index (χ1v) is 6.97. The van der Waals surface area contributed by atoms with E-state index in [1.807, 2.05) is 12.1 Å². The van der Waals surface area contributed by atoms with Crippen LogP contribution >= 0.6 is 0 Å². The van der Waals surface area contributed by atoms with Gasteiger partial charge >= 0.3 is 0 Å². The summed E-state index contributed by atoms with van der Waals surface area (Å²) in [6.07, 6.45) is 0. The molecule has 104 valence electrons. The molecular weight excluding hydrogens is 238 g/mol. The molecular formula is C15H23N3O. The second-order valence-corrected chi connectivity index (χ2v) is 5.42. The Morgan fingerprint density at radius 3 is 3.00 bits per heavy atom. The number of hydrogen-bond acceptors (Lipinski definition) is 3. The van der Waals surface area contributed by atoms with Gasteiger partial charge in [-0.3, -0.25) is 4.79 Å². The molecule has 4 nitrogen and oxygen atoms in total. The lowest BCUT2D eigenvalue weighted by Crippen LogP contribution is -2.40. The van der Waals surface area contributed by atoms with Gasteiger partial charge < -0.3 is 15.5 Å². The van der Waals surface area contributed by atoms with E-state index in [1.165, 1.54) is 11.3 Å². The molecule has 2 N–H and O–H groups in total. The van der Waals surface area contributed by atoms with Crippen LogP contribution in [0, 0.1) is 5.92 Å². The lowest BCUT2D eigenvalue weighted by Gasteiger charge is -2.24. The van der Waals surface area contributed by atoms with Crippen LogP contribution < -0.4 is 15.5 Å². The largest absolute Gasteiger partial charge is 0.361 e. The molecule has 0 saturated carbocycles. The van der Waals surface area contributed by atoms with Gasteiger partial charge in [0.2, 0.25) is 5.91 Å². The Morgan fingerprint density at radius 2 is 2.21 bits per heavy atom. The fraction of sp³-hybridized carbons (Fsp3) is 0.533. The molecule has 0 unspecified atom stereocenters. The van der Waals surface area contributed by atoms with Crippen molar-refractivity contribution < 1.29 is 4.79 Å². The van der Waals surface area contributed by atoms with Gasteiger partial charge in [0.05, 0.1) is 6.54 Å². The summed E-state index contributed by atoms with van der Waals surface area (Å²) in [6.45, 7) is 8.04. The van der Waals surface area contributed by atoms with Crippen molar-refractivity contribution >= 4 is 11.6 Å². The maximum Gasteiger partial charge on any atom is 0.239 e. The molecule has 0 saturated heterocycles. The molecule has 2 rings (SSSR count). The quantitative estimate of drug-likeness (QED) is 0.860. The van der Waals surface area contributed by atoms with E-state index in [4.69, 9.17) is 0 Å². The zero-order chi connectivity index (χ0) is 13.7. The van der Waals surface area contributed by atoms with Gasteiger partial charge in [0.15, 0.2) is 0 Å². The minimum absolute atomic E-state index is 0.102. The first kappa shape index (κ1) is 13.9. The maximum absolute atomic E-state index is 12.0. The third-order valence-corrected chi connectivity index (χ3v) is 3.25. The molecule has 0 aliphatic carbocycles. The smallest absolute Gasteiger partial charge is 0.239 e. The molecule has 1 aromatic carbocycles. The molecule has 1 aliphatic rings. The molecule has 1 aromatic rings. The lowest BCUT2D eigenvalue weighted by molar-refractivity contribution is -0.119. The summed E-state index contributed by atoms with van der Waals surface area (Å²) in [5.74, 6) is 0.590. The number of fused-ring (bicyclic) bond motifs is 1. The van der Waals surface area contributed by atoms with Crippen LogP contribution in [0.15, 0.2) is 24.3 Å². The Bertz CT molecular complexity index is 431. The predicted octanol–water partition coefficient (Wildman–Crippen LogP) is 1.37. The number of nitrogens with one attached hydrogen (secondary N) is 2. The SMILES string of the molecule is CC(C)CNC(=O)CN1CCNCc2ccccc21. The highest BCUT2D eigenvalue weighted by atomic mass is 16.2. The zero-order valence-electron chi connectivity index (χ0n) is 11.8. The highest BCUT2D eigenvalue weighted by Crippen LogP contribution is 2.21. The van der Waals surface area contributed by atoms with Crippen LogP contribution in [0.5, 0.6) is 0 Å². The summed E-state index contributed by atoms with van der Waals surface area (Å²) in [7, 11) is 0. The van der Waals surface area contributed by atoms with E-state index >= 15 is 0 Å². The molecule has 1 amide bonds. The number of hydrogen-bond donors (Lipinski definition) is 2. The molecule has 0 radical (unpaired) electrons. The lowest BCUT2D eigenvalue weighted by atomic mass is 10.1. The van der Waals surface area contributed by atoms with Crippen LogP contribution in [0.4, 0.5) is 5.69 Å². The Hall–Kier alpha value is -1.55. The third-order valence-electron chi connectivity index (χ3n) is 3.25. The average Bonchev–Trinajstić information content (AvgIpc) is 2.59. The summed E-state index contributed by atoms with van der Waals surface area (Å²) in [5, 5.41) is 6.36. The molecule has 19 heavy (non-hydrogen) atoms. The number of carbonyl (C=O) groups excluding carboxylic acids is 1. The molecule has 0 bridgehead atoms. The predicted molar refractivity (Wildman–Crippen MR) is 78.2 cm³/mol. The number of amides is 1. The number of carbonyl (C=O) groups is 1. The number of rotatable bonds is 4. The van der Waals surface area contributed by atoms with Crippen LogP contribution in [0.3, 0.4) is 0 Å². The van der Waals surface area contributed by atoms with Crippen LogP contribution in [-0.2, 0) is 11.3 Å². The van der Waals surface area contributed by atoms with Crippen molar-refractivity contribution in [2.75, 3.05) is 31.1 Å². The Labute approximate surface area is 115 Å². The first-order chi connectivity index (χ1) is 9.16. The van der Waals surface area contributed by atoms with E-state index in [1.54, 1.807) is 0 Å². The summed E-state index contributed by atoms with van der Waals surface area (Å²) < 4.78 is 0. The molecule has 1 aliphatic heterocycles. The molecule has 0 aromatic heterocycles. The van der Waals surface area contributed by atoms with Crippen molar-refractivity contribution in [2.45, 2.75) is 20.4 Å². The fourth-order valence-electron chi connectivity index (χ4n) is 2.24. The molecule has 4 heteroatoms. The van der Waals surface area contributed by atoms with Crippen LogP contribution in [0.25, 0.3) is 0 Å². The monoisotopic (exact) mass is 261 g/mol. The van der Waals surface area contributed by atoms with E-state index in [0.717, 1.165) is 26.2 Å². The van der Waals surface area contributed by atoms with E-state index in [-0.39, 0.29) is 5.91 Å². The van der Waals surface area contributed by atoms with Gasteiger partial charge in [-0.1, -0.05) is 32.0 Å². The van der Waals surface area contributed by atoms with Gasteiger partial charge in [-0.25, -0.2) is 0 Å². The Morgan fingerprint density at radius 1 is 1.42 bits per heavy atom. The Balaban J connectivity index is 2.01. The number of anilines is 1. The minimum Gasteiger partial charge on any atom is -0.361 e. The van der Waals surface area contributed by atoms with E-state index in [2.05, 4.69) is 41.5 Å². The van der Waals surface area contributed by atoms with Gasteiger partial charge in [-0.05, 0) is 17.5 Å². The number of benzene rings is 1. The van der Waals surface area contributed by atoms with Crippen LogP contribution in [0.1, 0.15) is 19.4 Å². The number of para-hydroxylation sites is 1. The van der Waals surface area contributed by atoms with E-state index in [9.17, 15) is 4.79 Å². The normalized spacial score (nSPS) is 15.0. The van der Waals surface area contributed by atoms with Crippen LogP contribution in [-0.4, -0.2) is 32.1 Å². The molecule has 0 spiro atoms. The zero-order valence-corrected chi connectivity index (χ0v) is 11.8. The second-order valence-electron chi connectivity index (χ2n) is 5.42. The standard InChI is InChI=1S/C15H23N3O/c1-12(2)9-17-15(19)11-18-8-7-16-10-13-5-3-4-6-14(13)18/h3-6,12,16H,7-11H2,1-2H3,(H,17,19). The summed E-state index contributed by atoms with van der Waals surface area (Å²) >= 11 is 0. The van der Waals surface area contributed by atoms with Crippen molar-refractivity contribution in [2.24, 2.45) is 5.92 Å². The molecule has 0 atom stereocenters. The first-order valence-electron chi connectivity index (χ1n) is 6.97. The second kappa shape index (κ2) is 6.57. The van der Waals surface area contributed by atoms with Crippen molar-refractivity contribution in [1.29, 1.82) is 0 Å². The van der Waals surface area contributed by atoms with E-state index < -0.39 is 0 Å². The van der Waals surface area contributed by atoms with Gasteiger partial charge in [-0.15, -0.1) is 0 Å². The maximum atomic E-state index is 12.0. The average molecular weight is 261 g/mol. The summed E-state index contributed by atoms with van der Waals surface area (Å²) in [4.78, 5) is 14.1. The number of nitrogens with zero attached hydrogens (tertiary/aromatic N) is 1. The van der Waals surface area contributed by atoms with Crippen molar-refractivity contribution in [3.63, 3.8) is 0 Å². The van der Waals surface area contributed by atoms with Gasteiger partial charge in [0.1, 0.15) is 0 Å². The highest BCUT2D eigenvalue weighted by molar-refractivity contribution is 5.81. The molecule has 0 fully saturated rings. The van der Waals surface area contributed by atoms with Crippen molar-refractivity contribution in [1.82, 2.24) is 10.6 Å². The minimum atomic E-state index is 0.102. The highest BCUT2D eigenvalue weighted by Gasteiger charge is 2.16. The summed E-state index contributed by atoms with van der Waals surface area (Å²) in [6, 6.07) is 8.29. The Kier molecular flexibility index (Phi) is 4.80. The molecule has 1 heterocycles. The van der Waals surface area contributed by atoms with Crippen molar-refractivity contribution in [3.8, 4) is 0 Å². The van der Waals surface area contributed by atoms with Gasteiger partial charge in [0, 0.05) is 31.9 Å². The topological polar surface area (TPSA) is 44.4 Å². The van der Waals surface area contributed by atoms with E-state index in [0.29, 0.717) is 12.5 Å². The van der Waals surface area contributed by atoms with Gasteiger partial charge in [-0.2, -0.15) is 0 Å².